The van der Waals surface area contributed by atoms with Gasteiger partial charge in [0.25, 0.3) is 0 Å². The van der Waals surface area contributed by atoms with E-state index >= 15 is 0 Å². The summed E-state index contributed by atoms with van der Waals surface area (Å²) in [5.41, 5.74) is 7.41. The fraction of sp³-hybridized carbons (Fsp3) is 0.800. The van der Waals surface area contributed by atoms with Crippen LogP contribution < -0.4 is 10.6 Å². The second kappa shape index (κ2) is 6.00. The van der Waals surface area contributed by atoms with Crippen LogP contribution in [0.1, 0.15) is 49.2 Å². The third-order valence-corrected chi connectivity index (χ3v) is 5.77. The summed E-state index contributed by atoms with van der Waals surface area (Å²) in [6.07, 6.45) is 5.89. The summed E-state index contributed by atoms with van der Waals surface area (Å²) in [5.74, 6) is 0. The summed E-state index contributed by atoms with van der Waals surface area (Å²) in [4.78, 5) is 11.4. The first-order valence-electron chi connectivity index (χ1n) is 7.89. The zero-order chi connectivity index (χ0) is 14.1. The lowest BCUT2D eigenvalue weighted by molar-refractivity contribution is 0.328. The molecule has 1 saturated heterocycles. The van der Waals surface area contributed by atoms with Gasteiger partial charge in [-0.05, 0) is 45.7 Å². The van der Waals surface area contributed by atoms with E-state index in [1.807, 2.05) is 11.3 Å². The zero-order valence-corrected chi connectivity index (χ0v) is 13.5. The van der Waals surface area contributed by atoms with Gasteiger partial charge in [0.05, 0.1) is 5.69 Å². The highest BCUT2D eigenvalue weighted by Gasteiger charge is 2.28. The molecule has 2 aliphatic rings. The number of likely N-dealkylation sites (N-methyl/N-ethyl adjacent to an activating group) is 1. The quantitative estimate of drug-likeness (QED) is 0.910. The summed E-state index contributed by atoms with van der Waals surface area (Å²) in [5, 5.41) is 1.22. The van der Waals surface area contributed by atoms with Crippen LogP contribution in [0.25, 0.3) is 0 Å². The van der Waals surface area contributed by atoms with Gasteiger partial charge in [0.15, 0.2) is 5.13 Å². The topological polar surface area (TPSA) is 45.4 Å². The van der Waals surface area contributed by atoms with Crippen molar-refractivity contribution in [3.05, 3.63) is 10.6 Å². The van der Waals surface area contributed by atoms with Gasteiger partial charge >= 0.3 is 0 Å². The van der Waals surface area contributed by atoms with E-state index in [9.17, 15) is 0 Å². The number of thiazole rings is 1. The standard InChI is InChI=1S/C15H26N4S/c1-3-11-10-18(2)8-5-9-19(11)15-17-14-12(16)6-4-7-13(14)20-15/h11-12H,3-10,16H2,1-2H3. The summed E-state index contributed by atoms with van der Waals surface area (Å²) in [7, 11) is 2.23. The number of hydrogen-bond donors (Lipinski definition) is 1. The first-order chi connectivity index (χ1) is 9.69. The molecule has 0 bridgehead atoms. The minimum absolute atomic E-state index is 0.165. The molecule has 112 valence electrons. The van der Waals surface area contributed by atoms with Crippen LogP contribution in [0.2, 0.25) is 0 Å². The lowest BCUT2D eigenvalue weighted by atomic mass is 9.99. The molecular formula is C15H26N4S. The zero-order valence-electron chi connectivity index (χ0n) is 12.6. The van der Waals surface area contributed by atoms with Gasteiger partial charge in [0.2, 0.25) is 0 Å². The first-order valence-corrected chi connectivity index (χ1v) is 8.71. The molecule has 20 heavy (non-hydrogen) atoms. The van der Waals surface area contributed by atoms with Crippen LogP contribution in [-0.2, 0) is 6.42 Å². The van der Waals surface area contributed by atoms with Crippen molar-refractivity contribution < 1.29 is 0 Å². The van der Waals surface area contributed by atoms with Crippen molar-refractivity contribution in [3.8, 4) is 0 Å². The molecule has 4 nitrogen and oxygen atoms in total. The number of aryl methyl sites for hydroxylation is 1. The fourth-order valence-corrected chi connectivity index (χ4v) is 4.68. The van der Waals surface area contributed by atoms with Gasteiger partial charge in [-0.3, -0.25) is 0 Å². The number of aromatic nitrogens is 1. The lowest BCUT2D eigenvalue weighted by Gasteiger charge is -2.29. The fourth-order valence-electron chi connectivity index (χ4n) is 3.41. The Bertz CT molecular complexity index is 459. The maximum Gasteiger partial charge on any atom is 0.186 e. The number of rotatable bonds is 2. The van der Waals surface area contributed by atoms with E-state index < -0.39 is 0 Å². The van der Waals surface area contributed by atoms with Crippen molar-refractivity contribution in [1.82, 2.24) is 9.88 Å². The lowest BCUT2D eigenvalue weighted by Crippen LogP contribution is -2.39. The van der Waals surface area contributed by atoms with Crippen molar-refractivity contribution >= 4 is 16.5 Å². The van der Waals surface area contributed by atoms with Crippen LogP contribution in [0.3, 0.4) is 0 Å². The molecule has 0 saturated carbocycles. The van der Waals surface area contributed by atoms with Crippen LogP contribution in [0, 0.1) is 0 Å². The summed E-state index contributed by atoms with van der Waals surface area (Å²) in [6.45, 7) is 5.75. The predicted octanol–water partition coefficient (Wildman–Crippen LogP) is 2.40. The van der Waals surface area contributed by atoms with Crippen LogP contribution >= 0.6 is 11.3 Å². The van der Waals surface area contributed by atoms with Gasteiger partial charge in [-0.15, -0.1) is 11.3 Å². The molecule has 0 radical (unpaired) electrons. The Morgan fingerprint density at radius 2 is 2.20 bits per heavy atom. The predicted molar refractivity (Wildman–Crippen MR) is 85.5 cm³/mol. The molecule has 1 aliphatic carbocycles. The number of nitrogens with two attached hydrogens (primary N) is 1. The van der Waals surface area contributed by atoms with E-state index in [-0.39, 0.29) is 6.04 Å². The molecule has 2 atom stereocenters. The second-order valence-corrected chi connectivity index (χ2v) is 7.24. The molecule has 2 heterocycles. The Kier molecular flexibility index (Phi) is 4.29. The van der Waals surface area contributed by atoms with Crippen molar-refractivity contribution in [3.63, 3.8) is 0 Å². The first kappa shape index (κ1) is 14.3. The van der Waals surface area contributed by atoms with Gasteiger partial charge in [-0.2, -0.15) is 0 Å². The average Bonchev–Trinajstić information content (AvgIpc) is 2.77. The molecule has 1 aliphatic heterocycles. The highest BCUT2D eigenvalue weighted by Crippen LogP contribution is 2.36. The maximum atomic E-state index is 6.23. The normalized spacial score (nSPS) is 28.2. The molecule has 0 aromatic carbocycles. The monoisotopic (exact) mass is 294 g/mol. The average molecular weight is 294 g/mol. The van der Waals surface area contributed by atoms with Gasteiger partial charge in [-0.25, -0.2) is 4.98 Å². The molecule has 0 spiro atoms. The van der Waals surface area contributed by atoms with Crippen LogP contribution in [-0.4, -0.2) is 42.6 Å². The summed E-state index contributed by atoms with van der Waals surface area (Å²) >= 11 is 1.89. The highest BCUT2D eigenvalue weighted by molar-refractivity contribution is 7.15. The van der Waals surface area contributed by atoms with Gasteiger partial charge in [0, 0.05) is 30.1 Å². The highest BCUT2D eigenvalue weighted by atomic mass is 32.1. The van der Waals surface area contributed by atoms with Gasteiger partial charge < -0.3 is 15.5 Å². The SMILES string of the molecule is CCC1CN(C)CCCN1c1nc2c(s1)CCCC2N. The molecule has 1 fully saturated rings. The van der Waals surface area contributed by atoms with Crippen molar-refractivity contribution in [2.75, 3.05) is 31.6 Å². The Morgan fingerprint density at radius 1 is 1.35 bits per heavy atom. The molecule has 1 aromatic heterocycles. The number of nitrogens with zero attached hydrogens (tertiary/aromatic N) is 3. The molecular weight excluding hydrogens is 268 g/mol. The van der Waals surface area contributed by atoms with E-state index in [1.165, 1.54) is 47.9 Å². The largest absolute Gasteiger partial charge is 0.344 e. The molecule has 2 unspecified atom stereocenters. The Labute approximate surface area is 126 Å². The number of fused-ring (bicyclic) bond motifs is 1. The van der Waals surface area contributed by atoms with Gasteiger partial charge in [0.1, 0.15) is 0 Å². The minimum atomic E-state index is 0.165. The van der Waals surface area contributed by atoms with Crippen molar-refractivity contribution in [2.24, 2.45) is 5.73 Å². The van der Waals surface area contributed by atoms with E-state index in [2.05, 4.69) is 23.8 Å². The smallest absolute Gasteiger partial charge is 0.186 e. The molecule has 1 aromatic rings. The maximum absolute atomic E-state index is 6.23. The Balaban J connectivity index is 1.87. The van der Waals surface area contributed by atoms with Crippen molar-refractivity contribution in [2.45, 2.75) is 51.1 Å². The Hall–Kier alpha value is -0.650. The van der Waals surface area contributed by atoms with E-state index in [1.54, 1.807) is 0 Å². The summed E-state index contributed by atoms with van der Waals surface area (Å²) in [6, 6.07) is 0.754. The number of hydrogen-bond acceptors (Lipinski definition) is 5. The van der Waals surface area contributed by atoms with Crippen LogP contribution in [0.4, 0.5) is 5.13 Å². The third kappa shape index (κ3) is 2.71. The second-order valence-electron chi connectivity index (χ2n) is 6.17. The Morgan fingerprint density at radius 3 is 2.95 bits per heavy atom. The van der Waals surface area contributed by atoms with Crippen molar-refractivity contribution in [1.29, 1.82) is 0 Å². The minimum Gasteiger partial charge on any atom is -0.344 e. The molecule has 3 rings (SSSR count). The third-order valence-electron chi connectivity index (χ3n) is 4.61. The molecule has 2 N–H and O–H groups in total. The van der Waals surface area contributed by atoms with E-state index in [0.717, 1.165) is 19.5 Å². The molecule has 0 amide bonds. The molecule has 5 heteroatoms. The van der Waals surface area contributed by atoms with Gasteiger partial charge in [-0.1, -0.05) is 6.92 Å². The number of anilines is 1. The van der Waals surface area contributed by atoms with Crippen LogP contribution in [0.5, 0.6) is 0 Å². The van der Waals surface area contributed by atoms with E-state index in [4.69, 9.17) is 10.7 Å². The van der Waals surface area contributed by atoms with E-state index in [0.29, 0.717) is 6.04 Å². The summed E-state index contributed by atoms with van der Waals surface area (Å²) < 4.78 is 0. The van der Waals surface area contributed by atoms with Crippen LogP contribution in [0.15, 0.2) is 0 Å².